The van der Waals surface area contributed by atoms with Crippen LogP contribution in [-0.4, -0.2) is 9.97 Å². The van der Waals surface area contributed by atoms with Crippen LogP contribution in [0.5, 0.6) is 0 Å². The predicted octanol–water partition coefficient (Wildman–Crippen LogP) is 1.00. The minimum atomic E-state index is -0.328. The van der Waals surface area contributed by atoms with Crippen molar-refractivity contribution in [1.29, 1.82) is 0 Å². The van der Waals surface area contributed by atoms with Gasteiger partial charge in [-0.3, -0.25) is 0 Å². The maximum atomic E-state index is 13.3. The molecule has 0 bridgehead atoms. The molecule has 0 saturated carbocycles. The molecule has 0 spiro atoms. The maximum absolute atomic E-state index is 13.3. The first-order valence-electron chi connectivity index (χ1n) is 4.45. The Morgan fingerprint density at radius 2 is 2.33 bits per heavy atom. The summed E-state index contributed by atoms with van der Waals surface area (Å²) in [6, 6.07) is 1.68. The van der Waals surface area contributed by atoms with Crippen molar-refractivity contribution < 1.29 is 4.39 Å². The van der Waals surface area contributed by atoms with E-state index in [1.165, 1.54) is 6.20 Å². The molecule has 3 rings (SSSR count). The van der Waals surface area contributed by atoms with Crippen molar-refractivity contribution in [2.24, 2.45) is 0 Å². The zero-order valence-electron chi connectivity index (χ0n) is 7.66. The van der Waals surface area contributed by atoms with E-state index in [1.54, 1.807) is 29.7 Å². The van der Waals surface area contributed by atoms with Crippen LogP contribution < -0.4 is 16.0 Å². The van der Waals surface area contributed by atoms with Gasteiger partial charge in [0, 0.05) is 24.0 Å². The van der Waals surface area contributed by atoms with E-state index < -0.39 is 0 Å². The molecule has 0 saturated heterocycles. The summed E-state index contributed by atoms with van der Waals surface area (Å²) in [6.07, 6.45) is 6.38. The fourth-order valence-corrected chi connectivity index (χ4v) is 1.57. The number of hydrogen-bond acceptors (Lipinski definition) is 4. The van der Waals surface area contributed by atoms with Gasteiger partial charge in [-0.15, -0.1) is 5.53 Å². The third-order valence-electron chi connectivity index (χ3n) is 2.25. The van der Waals surface area contributed by atoms with E-state index >= 15 is 0 Å². The van der Waals surface area contributed by atoms with Gasteiger partial charge in [0.2, 0.25) is 0 Å². The summed E-state index contributed by atoms with van der Waals surface area (Å²) in [5.74, 6) is 0.295. The number of H-pyrrole nitrogens is 1. The van der Waals surface area contributed by atoms with Crippen LogP contribution in [0.1, 0.15) is 0 Å². The third kappa shape index (κ3) is 1.15. The van der Waals surface area contributed by atoms with Crippen molar-refractivity contribution in [2.75, 3.05) is 5.01 Å². The average molecular weight is 205 g/mol. The molecule has 0 fully saturated rings. The van der Waals surface area contributed by atoms with E-state index in [4.69, 9.17) is 0 Å². The van der Waals surface area contributed by atoms with Gasteiger partial charge < -0.3 is 10.4 Å². The van der Waals surface area contributed by atoms with Gasteiger partial charge in [0.05, 0.1) is 11.7 Å². The number of halogens is 1. The summed E-state index contributed by atoms with van der Waals surface area (Å²) in [4.78, 5) is 6.99. The minimum Gasteiger partial charge on any atom is -0.358 e. The number of aromatic amines is 1. The molecule has 5 nitrogen and oxygen atoms in total. The molecule has 6 heteroatoms. The topological polar surface area (TPSA) is 56.0 Å². The van der Waals surface area contributed by atoms with Gasteiger partial charge >= 0.3 is 0 Å². The first-order chi connectivity index (χ1) is 7.36. The summed E-state index contributed by atoms with van der Waals surface area (Å²) in [6.45, 7) is 0. The molecule has 0 amide bonds. The SMILES string of the molecule is Fc1cnc(N2C=CNN2)c2[nH]ccc12. The van der Waals surface area contributed by atoms with Crippen molar-refractivity contribution in [3.8, 4) is 0 Å². The fraction of sp³-hybridized carbons (Fsp3) is 0. The summed E-state index contributed by atoms with van der Waals surface area (Å²) in [7, 11) is 0. The van der Waals surface area contributed by atoms with Gasteiger partial charge in [-0.2, -0.15) is 0 Å². The van der Waals surface area contributed by atoms with Crippen molar-refractivity contribution in [3.05, 3.63) is 36.7 Å². The van der Waals surface area contributed by atoms with Gasteiger partial charge in [-0.1, -0.05) is 0 Å². The monoisotopic (exact) mass is 205 g/mol. The molecule has 15 heavy (non-hydrogen) atoms. The first kappa shape index (κ1) is 8.25. The molecule has 1 aliphatic heterocycles. The molecule has 0 atom stereocenters. The number of rotatable bonds is 1. The lowest BCUT2D eigenvalue weighted by atomic mass is 10.3. The Morgan fingerprint density at radius 1 is 1.40 bits per heavy atom. The summed E-state index contributed by atoms with van der Waals surface area (Å²) >= 11 is 0. The zero-order chi connectivity index (χ0) is 10.3. The van der Waals surface area contributed by atoms with Crippen molar-refractivity contribution in [1.82, 2.24) is 20.9 Å². The quantitative estimate of drug-likeness (QED) is 0.650. The highest BCUT2D eigenvalue weighted by molar-refractivity contribution is 5.89. The Morgan fingerprint density at radius 3 is 3.13 bits per heavy atom. The highest BCUT2D eigenvalue weighted by Crippen LogP contribution is 2.24. The molecule has 2 aromatic heterocycles. The largest absolute Gasteiger partial charge is 0.358 e. The van der Waals surface area contributed by atoms with Gasteiger partial charge in [-0.25, -0.2) is 14.4 Å². The lowest BCUT2D eigenvalue weighted by Crippen LogP contribution is -2.36. The molecular weight excluding hydrogens is 197 g/mol. The van der Waals surface area contributed by atoms with Gasteiger partial charge in [0.25, 0.3) is 0 Å². The Bertz CT molecular complexity index is 532. The second-order valence-electron chi connectivity index (χ2n) is 3.14. The number of aromatic nitrogens is 2. The number of hydrazine groups is 2. The highest BCUT2D eigenvalue weighted by atomic mass is 19.1. The van der Waals surface area contributed by atoms with Crippen LogP contribution in [0, 0.1) is 5.82 Å². The van der Waals surface area contributed by atoms with Gasteiger partial charge in [-0.05, 0) is 6.07 Å². The Labute approximate surface area is 84.5 Å². The number of nitrogens with one attached hydrogen (secondary N) is 3. The Balaban J connectivity index is 2.22. The third-order valence-corrected chi connectivity index (χ3v) is 2.25. The molecule has 3 N–H and O–H groups in total. The van der Waals surface area contributed by atoms with Crippen LogP contribution in [-0.2, 0) is 0 Å². The molecule has 2 aromatic rings. The molecule has 1 aliphatic rings. The first-order valence-corrected chi connectivity index (χ1v) is 4.45. The summed E-state index contributed by atoms with van der Waals surface area (Å²) in [5, 5.41) is 2.19. The van der Waals surface area contributed by atoms with Crippen molar-refractivity contribution in [3.63, 3.8) is 0 Å². The Kier molecular flexibility index (Phi) is 1.63. The molecule has 0 aliphatic carbocycles. The normalized spacial score (nSPS) is 14.9. The van der Waals surface area contributed by atoms with Crippen molar-refractivity contribution in [2.45, 2.75) is 0 Å². The van der Waals surface area contributed by atoms with Crippen LogP contribution in [0.2, 0.25) is 0 Å². The van der Waals surface area contributed by atoms with E-state index in [2.05, 4.69) is 20.9 Å². The number of nitrogens with zero attached hydrogens (tertiary/aromatic N) is 2. The second-order valence-corrected chi connectivity index (χ2v) is 3.14. The molecule has 76 valence electrons. The average Bonchev–Trinajstić information content (AvgIpc) is 2.88. The molecular formula is C9H8FN5. The van der Waals surface area contributed by atoms with E-state index in [-0.39, 0.29) is 5.82 Å². The molecule has 3 heterocycles. The van der Waals surface area contributed by atoms with Crippen LogP contribution in [0.3, 0.4) is 0 Å². The van der Waals surface area contributed by atoms with E-state index in [0.29, 0.717) is 16.7 Å². The Hall–Kier alpha value is -2.08. The van der Waals surface area contributed by atoms with E-state index in [0.717, 1.165) is 0 Å². The number of pyridine rings is 1. The van der Waals surface area contributed by atoms with Gasteiger partial charge in [0.15, 0.2) is 11.6 Å². The van der Waals surface area contributed by atoms with Crippen LogP contribution >= 0.6 is 0 Å². The van der Waals surface area contributed by atoms with E-state index in [1.807, 2.05) is 0 Å². The fourth-order valence-electron chi connectivity index (χ4n) is 1.57. The van der Waals surface area contributed by atoms with Crippen molar-refractivity contribution >= 4 is 16.7 Å². The van der Waals surface area contributed by atoms with E-state index in [9.17, 15) is 4.39 Å². The molecule has 0 unspecified atom stereocenters. The lowest BCUT2D eigenvalue weighted by molar-refractivity contribution is 0.630. The van der Waals surface area contributed by atoms with Crippen LogP contribution in [0.15, 0.2) is 30.9 Å². The number of anilines is 1. The number of fused-ring (bicyclic) bond motifs is 1. The highest BCUT2D eigenvalue weighted by Gasteiger charge is 2.14. The predicted molar refractivity (Wildman–Crippen MR) is 53.9 cm³/mol. The van der Waals surface area contributed by atoms with Crippen LogP contribution in [0.25, 0.3) is 10.9 Å². The zero-order valence-corrected chi connectivity index (χ0v) is 7.66. The number of hydrogen-bond donors (Lipinski definition) is 3. The smallest absolute Gasteiger partial charge is 0.173 e. The van der Waals surface area contributed by atoms with Crippen LogP contribution in [0.4, 0.5) is 10.2 Å². The maximum Gasteiger partial charge on any atom is 0.173 e. The molecule has 0 aromatic carbocycles. The molecule has 0 radical (unpaired) electrons. The summed E-state index contributed by atoms with van der Waals surface area (Å²) < 4.78 is 13.3. The lowest BCUT2D eigenvalue weighted by Gasteiger charge is -2.14. The minimum absolute atomic E-state index is 0.328. The summed E-state index contributed by atoms with van der Waals surface area (Å²) in [5.41, 5.74) is 6.29. The second kappa shape index (κ2) is 2.96. The standard InChI is InChI=1S/C9H8FN5/c10-7-5-12-9(15-4-3-13-14-15)8-6(7)1-2-11-8/h1-5,11,13-14H. The van der Waals surface area contributed by atoms with Gasteiger partial charge in [0.1, 0.15) is 0 Å².